The summed E-state index contributed by atoms with van der Waals surface area (Å²) in [4.78, 5) is 0. The maximum atomic E-state index is 5.80. The van der Waals surface area contributed by atoms with Crippen LogP contribution in [0.1, 0.15) is 0 Å². The van der Waals surface area contributed by atoms with Gasteiger partial charge >= 0.3 is 0 Å². The molecule has 0 bridgehead atoms. The normalized spacial score (nSPS) is 10.3. The van der Waals surface area contributed by atoms with Gasteiger partial charge in [0, 0.05) is 10.2 Å². The van der Waals surface area contributed by atoms with Crippen LogP contribution in [0.25, 0.3) is 0 Å². The fourth-order valence-electron chi connectivity index (χ4n) is 0.622. The molecule has 1 aromatic rings. The maximum absolute atomic E-state index is 5.80. The van der Waals surface area contributed by atoms with Crippen LogP contribution in [0.3, 0.4) is 0 Å². The van der Waals surface area contributed by atoms with Crippen molar-refractivity contribution in [2.24, 2.45) is 0 Å². The van der Waals surface area contributed by atoms with Crippen LogP contribution < -0.4 is 5.19 Å². The van der Waals surface area contributed by atoms with E-state index in [0.29, 0.717) is 15.1 Å². The van der Waals surface area contributed by atoms with E-state index in [1.807, 2.05) is 6.07 Å². The summed E-state index contributed by atoms with van der Waals surface area (Å²) in [6.07, 6.45) is 0. The second-order valence-electron chi connectivity index (χ2n) is 1.99. The molecule has 0 saturated heterocycles. The molecule has 54 valence electrons. The van der Waals surface area contributed by atoms with Crippen molar-refractivity contribution in [2.45, 2.75) is 0 Å². The first-order valence-corrected chi connectivity index (χ1v) is 4.86. The molecule has 1 aromatic carbocycles. The fourth-order valence-corrected chi connectivity index (χ4v) is 1.78. The number of rotatable bonds is 0. The Morgan fingerprint density at radius 1 is 1.00 bits per heavy atom. The molecule has 0 N–H and O–H groups in total. The Morgan fingerprint density at radius 3 is 2.10 bits per heavy atom. The third-order valence-electron chi connectivity index (χ3n) is 1.23. The standard InChI is InChI=1S/C6H5Cl3Si/c7-3-1-2-4(10)6(9)5(3)8/h1-2H,10H3. The highest BCUT2D eigenvalue weighted by atomic mass is 35.5. The smallest absolute Gasteiger partial charge is 0.0776 e. The molecule has 0 aliphatic carbocycles. The van der Waals surface area contributed by atoms with Gasteiger partial charge < -0.3 is 0 Å². The summed E-state index contributed by atoms with van der Waals surface area (Å²) in [5.41, 5.74) is 0. The lowest BCUT2D eigenvalue weighted by Gasteiger charge is -2.00. The summed E-state index contributed by atoms with van der Waals surface area (Å²) < 4.78 is 0. The van der Waals surface area contributed by atoms with Crippen molar-refractivity contribution in [3.8, 4) is 0 Å². The van der Waals surface area contributed by atoms with Gasteiger partial charge in [-0.15, -0.1) is 0 Å². The highest BCUT2D eigenvalue weighted by Crippen LogP contribution is 2.27. The molecular formula is C6H5Cl3Si. The molecule has 0 heterocycles. The molecule has 0 spiro atoms. The predicted octanol–water partition coefficient (Wildman–Crippen LogP) is 1.64. The van der Waals surface area contributed by atoms with Crippen molar-refractivity contribution in [3.05, 3.63) is 27.2 Å². The van der Waals surface area contributed by atoms with Gasteiger partial charge in [0.15, 0.2) is 0 Å². The zero-order chi connectivity index (χ0) is 7.72. The average Bonchev–Trinajstić information content (AvgIpc) is 1.93. The average molecular weight is 212 g/mol. The lowest BCUT2D eigenvalue weighted by molar-refractivity contribution is 1.76. The molecule has 0 fully saturated rings. The Hall–Kier alpha value is 0.307. The summed E-state index contributed by atoms with van der Waals surface area (Å²) in [5.74, 6) is 0. The summed E-state index contributed by atoms with van der Waals surface area (Å²) in [7, 11) is 0.898. The van der Waals surface area contributed by atoms with Crippen LogP contribution >= 0.6 is 34.8 Å². The minimum absolute atomic E-state index is 0.468. The Bertz CT molecular complexity index is 232. The Balaban J connectivity index is 3.34. The van der Waals surface area contributed by atoms with Crippen LogP contribution in [0.15, 0.2) is 12.1 Å². The number of halogens is 3. The molecule has 0 amide bonds. The van der Waals surface area contributed by atoms with Crippen molar-refractivity contribution in [1.29, 1.82) is 0 Å². The molecule has 0 atom stereocenters. The molecule has 10 heavy (non-hydrogen) atoms. The number of hydrogen-bond donors (Lipinski definition) is 0. The van der Waals surface area contributed by atoms with E-state index in [2.05, 4.69) is 0 Å². The van der Waals surface area contributed by atoms with E-state index < -0.39 is 0 Å². The molecule has 0 nitrogen and oxygen atoms in total. The summed E-state index contributed by atoms with van der Waals surface area (Å²) in [6.45, 7) is 0. The third kappa shape index (κ3) is 1.48. The lowest BCUT2D eigenvalue weighted by atomic mass is 10.3. The Morgan fingerprint density at radius 2 is 1.60 bits per heavy atom. The second-order valence-corrected chi connectivity index (χ2v) is 4.23. The number of hydrogen-bond acceptors (Lipinski definition) is 0. The zero-order valence-corrected chi connectivity index (χ0v) is 9.56. The fraction of sp³-hybridized carbons (Fsp3) is 0. The zero-order valence-electron chi connectivity index (χ0n) is 5.29. The van der Waals surface area contributed by atoms with Crippen LogP contribution in [0, 0.1) is 0 Å². The highest BCUT2D eigenvalue weighted by molar-refractivity contribution is 6.53. The van der Waals surface area contributed by atoms with Crippen LogP contribution in [0.2, 0.25) is 15.1 Å². The molecule has 0 aromatic heterocycles. The van der Waals surface area contributed by atoms with Crippen molar-refractivity contribution < 1.29 is 0 Å². The molecule has 4 heteroatoms. The van der Waals surface area contributed by atoms with Gasteiger partial charge in [-0.2, -0.15) is 0 Å². The lowest BCUT2D eigenvalue weighted by Crippen LogP contribution is -2.02. The maximum Gasteiger partial charge on any atom is 0.0776 e. The quantitative estimate of drug-likeness (QED) is 0.452. The molecule has 0 aliphatic heterocycles. The van der Waals surface area contributed by atoms with Gasteiger partial charge in [0.05, 0.1) is 15.1 Å². The van der Waals surface area contributed by atoms with Crippen molar-refractivity contribution in [3.63, 3.8) is 0 Å². The summed E-state index contributed by atoms with van der Waals surface area (Å²) in [6, 6.07) is 3.65. The minimum Gasteiger partial charge on any atom is -0.0828 e. The largest absolute Gasteiger partial charge is 0.0828 e. The van der Waals surface area contributed by atoms with Gasteiger partial charge in [-0.05, 0) is 6.07 Å². The van der Waals surface area contributed by atoms with Gasteiger partial charge in [0.1, 0.15) is 0 Å². The highest BCUT2D eigenvalue weighted by Gasteiger charge is 2.03. The molecular weight excluding hydrogens is 207 g/mol. The van der Waals surface area contributed by atoms with E-state index in [4.69, 9.17) is 34.8 Å². The van der Waals surface area contributed by atoms with Gasteiger partial charge in [-0.1, -0.05) is 46.1 Å². The van der Waals surface area contributed by atoms with Crippen LogP contribution in [0.4, 0.5) is 0 Å². The molecule has 1 rings (SSSR count). The first-order valence-electron chi connectivity index (χ1n) is 2.73. The SMILES string of the molecule is [SiH3]c1ccc(Cl)c(Cl)c1Cl. The monoisotopic (exact) mass is 210 g/mol. The van der Waals surface area contributed by atoms with E-state index in [9.17, 15) is 0 Å². The van der Waals surface area contributed by atoms with Crippen molar-refractivity contribution in [2.75, 3.05) is 0 Å². The van der Waals surface area contributed by atoms with E-state index in [-0.39, 0.29) is 0 Å². The molecule has 0 saturated carbocycles. The second kappa shape index (κ2) is 3.14. The van der Waals surface area contributed by atoms with Gasteiger partial charge in [-0.25, -0.2) is 0 Å². The third-order valence-corrected chi connectivity index (χ3v) is 3.77. The predicted molar refractivity (Wildman–Crippen MR) is 51.0 cm³/mol. The van der Waals surface area contributed by atoms with Gasteiger partial charge in [0.2, 0.25) is 0 Å². The van der Waals surface area contributed by atoms with Crippen molar-refractivity contribution >= 4 is 50.2 Å². The minimum atomic E-state index is 0.468. The van der Waals surface area contributed by atoms with E-state index in [1.165, 1.54) is 0 Å². The molecule has 0 unspecified atom stereocenters. The topological polar surface area (TPSA) is 0 Å². The van der Waals surface area contributed by atoms with E-state index >= 15 is 0 Å². The van der Waals surface area contributed by atoms with Gasteiger partial charge in [-0.3, -0.25) is 0 Å². The first kappa shape index (κ1) is 8.40. The van der Waals surface area contributed by atoms with Crippen molar-refractivity contribution in [1.82, 2.24) is 0 Å². The Kier molecular flexibility index (Phi) is 2.64. The van der Waals surface area contributed by atoms with Crippen LogP contribution in [0.5, 0.6) is 0 Å². The summed E-state index contributed by atoms with van der Waals surface area (Å²) >= 11 is 17.2. The molecule has 0 aliphatic rings. The number of benzene rings is 1. The van der Waals surface area contributed by atoms with E-state index in [0.717, 1.165) is 15.4 Å². The van der Waals surface area contributed by atoms with Crippen LogP contribution in [-0.2, 0) is 0 Å². The van der Waals surface area contributed by atoms with E-state index in [1.54, 1.807) is 6.07 Å². The van der Waals surface area contributed by atoms with Gasteiger partial charge in [0.25, 0.3) is 0 Å². The summed E-state index contributed by atoms with van der Waals surface area (Å²) in [5, 5.41) is 2.67. The first-order chi connectivity index (χ1) is 4.63. The Labute approximate surface area is 77.5 Å². The van der Waals surface area contributed by atoms with Crippen LogP contribution in [-0.4, -0.2) is 10.2 Å². The molecule has 0 radical (unpaired) electrons.